The number of ketones is 1. The average molecular weight is 394 g/mol. The van der Waals surface area contributed by atoms with Gasteiger partial charge in [0.2, 0.25) is 0 Å². The molecule has 8 nitrogen and oxygen atoms in total. The third kappa shape index (κ3) is 4.11. The Hall–Kier alpha value is -2.61. The summed E-state index contributed by atoms with van der Waals surface area (Å²) in [6.07, 6.45) is -0.383. The van der Waals surface area contributed by atoms with Gasteiger partial charge in [-0.1, -0.05) is 6.07 Å². The van der Waals surface area contributed by atoms with Crippen LogP contribution in [0.1, 0.15) is 38.7 Å². The van der Waals surface area contributed by atoms with E-state index in [1.54, 1.807) is 13.8 Å². The third-order valence-corrected chi connectivity index (χ3v) is 4.94. The predicted molar refractivity (Wildman–Crippen MR) is 97.9 cm³/mol. The first kappa shape index (κ1) is 21.7. The molecule has 0 bridgehead atoms. The highest BCUT2D eigenvalue weighted by atomic mass is 16.5. The number of Topliss-reactive ketones (excluding diaryl/α,β-unsaturated/α-hetero) is 1. The molecule has 8 heteroatoms. The fourth-order valence-corrected chi connectivity index (χ4v) is 3.78. The molecule has 0 aromatic heterocycles. The zero-order chi connectivity index (χ0) is 21.1. The summed E-state index contributed by atoms with van der Waals surface area (Å²) in [6, 6.07) is 4.26. The molecule has 2 rings (SSSR count). The average Bonchev–Trinajstić information content (AvgIpc) is 2.61. The van der Waals surface area contributed by atoms with E-state index in [1.807, 2.05) is 0 Å². The van der Waals surface area contributed by atoms with E-state index in [0.717, 1.165) is 0 Å². The number of aliphatic hydroxyl groups is 1. The largest absolute Gasteiger partial charge is 0.504 e. The lowest BCUT2D eigenvalue weighted by Crippen LogP contribution is -2.55. The lowest BCUT2D eigenvalue weighted by Gasteiger charge is -2.43. The van der Waals surface area contributed by atoms with Crippen LogP contribution in [-0.4, -0.2) is 53.9 Å². The molecular formula is C20H26O8. The SMILES string of the molecule is CCOC(=O)[C@H]1C(=O)C[C@](C)(O)[C@@H](C(=O)OCC)[C@@H]1c1ccc(O)c(OC)c1. The maximum absolute atomic E-state index is 12.8. The molecule has 1 saturated carbocycles. The molecule has 2 N–H and O–H groups in total. The Labute approximate surface area is 163 Å². The molecule has 0 radical (unpaired) electrons. The molecule has 154 valence electrons. The predicted octanol–water partition coefficient (Wildman–Crippen LogP) is 1.57. The first-order chi connectivity index (χ1) is 13.2. The van der Waals surface area contributed by atoms with Crippen molar-refractivity contribution in [1.82, 2.24) is 0 Å². The van der Waals surface area contributed by atoms with Crippen LogP contribution < -0.4 is 4.74 Å². The number of esters is 2. The number of aromatic hydroxyl groups is 1. The molecule has 4 atom stereocenters. The lowest BCUT2D eigenvalue weighted by atomic mass is 9.61. The highest BCUT2D eigenvalue weighted by Gasteiger charge is 2.57. The van der Waals surface area contributed by atoms with Crippen LogP contribution in [0, 0.1) is 11.8 Å². The quantitative estimate of drug-likeness (QED) is 0.551. The van der Waals surface area contributed by atoms with Gasteiger partial charge in [0.1, 0.15) is 5.92 Å². The molecule has 0 amide bonds. The number of benzene rings is 1. The molecule has 0 unspecified atom stereocenters. The van der Waals surface area contributed by atoms with Crippen LogP contribution >= 0.6 is 0 Å². The Morgan fingerprint density at radius 3 is 2.36 bits per heavy atom. The van der Waals surface area contributed by atoms with E-state index in [1.165, 1.54) is 32.2 Å². The zero-order valence-electron chi connectivity index (χ0n) is 16.4. The Kier molecular flexibility index (Phi) is 6.66. The number of phenols is 1. The van der Waals surface area contributed by atoms with Gasteiger partial charge in [0.25, 0.3) is 0 Å². The van der Waals surface area contributed by atoms with Crippen LogP contribution in [-0.2, 0) is 23.9 Å². The van der Waals surface area contributed by atoms with Gasteiger partial charge in [-0.2, -0.15) is 0 Å². The molecule has 1 aliphatic carbocycles. The van der Waals surface area contributed by atoms with Crippen molar-refractivity contribution >= 4 is 17.7 Å². The van der Waals surface area contributed by atoms with Crippen molar-refractivity contribution in [1.29, 1.82) is 0 Å². The third-order valence-electron chi connectivity index (χ3n) is 4.94. The number of methoxy groups -OCH3 is 1. The summed E-state index contributed by atoms with van der Waals surface area (Å²) in [6.45, 7) is 4.76. The van der Waals surface area contributed by atoms with Gasteiger partial charge >= 0.3 is 11.9 Å². The van der Waals surface area contributed by atoms with Gasteiger partial charge in [0, 0.05) is 12.3 Å². The monoisotopic (exact) mass is 394 g/mol. The first-order valence-electron chi connectivity index (χ1n) is 9.13. The van der Waals surface area contributed by atoms with E-state index in [2.05, 4.69) is 0 Å². The van der Waals surface area contributed by atoms with Gasteiger partial charge in [0.15, 0.2) is 17.3 Å². The number of hydrogen-bond acceptors (Lipinski definition) is 8. The fourth-order valence-electron chi connectivity index (χ4n) is 3.78. The van der Waals surface area contributed by atoms with E-state index in [-0.39, 0.29) is 31.1 Å². The van der Waals surface area contributed by atoms with Crippen molar-refractivity contribution in [3.63, 3.8) is 0 Å². The molecule has 0 heterocycles. The zero-order valence-corrected chi connectivity index (χ0v) is 16.4. The van der Waals surface area contributed by atoms with Gasteiger partial charge in [-0.25, -0.2) is 0 Å². The van der Waals surface area contributed by atoms with Crippen LogP contribution in [0.4, 0.5) is 0 Å². The van der Waals surface area contributed by atoms with Crippen molar-refractivity contribution in [3.8, 4) is 11.5 Å². The van der Waals surface area contributed by atoms with Crippen molar-refractivity contribution in [2.75, 3.05) is 20.3 Å². The summed E-state index contributed by atoms with van der Waals surface area (Å²) in [5.41, 5.74) is -1.35. The fraction of sp³-hybridized carbons (Fsp3) is 0.550. The van der Waals surface area contributed by atoms with Crippen LogP contribution in [0.15, 0.2) is 18.2 Å². The van der Waals surface area contributed by atoms with E-state index in [9.17, 15) is 24.6 Å². The second-order valence-electron chi connectivity index (χ2n) is 6.92. The smallest absolute Gasteiger partial charge is 0.317 e. The van der Waals surface area contributed by atoms with Gasteiger partial charge in [-0.3, -0.25) is 14.4 Å². The van der Waals surface area contributed by atoms with Crippen LogP contribution in [0.2, 0.25) is 0 Å². The second-order valence-corrected chi connectivity index (χ2v) is 6.92. The molecule has 1 aromatic carbocycles. The van der Waals surface area contributed by atoms with Crippen molar-refractivity contribution in [2.24, 2.45) is 11.8 Å². The van der Waals surface area contributed by atoms with Crippen LogP contribution in [0.5, 0.6) is 11.5 Å². The molecule has 28 heavy (non-hydrogen) atoms. The molecule has 1 fully saturated rings. The topological polar surface area (TPSA) is 119 Å². The van der Waals surface area contributed by atoms with Gasteiger partial charge < -0.3 is 24.4 Å². The number of carbonyl (C=O) groups excluding carboxylic acids is 3. The Morgan fingerprint density at radius 2 is 1.79 bits per heavy atom. The second kappa shape index (κ2) is 8.60. The summed E-state index contributed by atoms with van der Waals surface area (Å²) in [5, 5.41) is 20.8. The first-order valence-corrected chi connectivity index (χ1v) is 9.13. The van der Waals surface area contributed by atoms with E-state index < -0.39 is 41.1 Å². The minimum absolute atomic E-state index is 0.0642. The molecule has 0 saturated heterocycles. The molecule has 1 aromatic rings. The number of phenolic OH excluding ortho intramolecular Hbond substituents is 1. The standard InChI is InChI=1S/C20H26O8/c1-5-27-18(23)16-13(22)10-20(3,25)17(19(24)28-6-2)15(16)11-7-8-12(21)14(9-11)26-4/h7-9,15-17,21,25H,5-6,10H2,1-4H3/t15-,16+,17-,20+/m1/s1. The van der Waals surface area contributed by atoms with E-state index >= 15 is 0 Å². The number of ether oxygens (including phenoxy) is 3. The van der Waals surface area contributed by atoms with E-state index in [4.69, 9.17) is 14.2 Å². The van der Waals surface area contributed by atoms with Crippen LogP contribution in [0.3, 0.4) is 0 Å². The lowest BCUT2D eigenvalue weighted by molar-refractivity contribution is -0.172. The summed E-state index contributed by atoms with van der Waals surface area (Å²) in [5.74, 6) is -5.55. The van der Waals surface area contributed by atoms with Crippen molar-refractivity contribution in [3.05, 3.63) is 23.8 Å². The summed E-state index contributed by atoms with van der Waals surface area (Å²) >= 11 is 0. The molecule has 1 aliphatic rings. The number of carbonyl (C=O) groups is 3. The highest BCUT2D eigenvalue weighted by molar-refractivity contribution is 6.02. The molecule has 0 spiro atoms. The van der Waals surface area contributed by atoms with Gasteiger partial charge in [-0.05, 0) is 38.5 Å². The minimum Gasteiger partial charge on any atom is -0.504 e. The number of rotatable bonds is 6. The highest BCUT2D eigenvalue weighted by Crippen LogP contribution is 2.47. The van der Waals surface area contributed by atoms with E-state index in [0.29, 0.717) is 5.56 Å². The maximum Gasteiger partial charge on any atom is 0.317 e. The summed E-state index contributed by atoms with van der Waals surface area (Å²) in [4.78, 5) is 38.1. The molecule has 0 aliphatic heterocycles. The van der Waals surface area contributed by atoms with Gasteiger partial charge in [-0.15, -0.1) is 0 Å². The Bertz CT molecular complexity index is 755. The Morgan fingerprint density at radius 1 is 1.18 bits per heavy atom. The summed E-state index contributed by atoms with van der Waals surface area (Å²) in [7, 11) is 1.35. The molecular weight excluding hydrogens is 368 g/mol. The summed E-state index contributed by atoms with van der Waals surface area (Å²) < 4.78 is 15.3. The normalized spacial score (nSPS) is 27.2. The van der Waals surface area contributed by atoms with Crippen molar-refractivity contribution in [2.45, 2.75) is 38.7 Å². The minimum atomic E-state index is -1.72. The number of hydrogen-bond donors (Lipinski definition) is 2. The van der Waals surface area contributed by atoms with Crippen molar-refractivity contribution < 1.29 is 38.8 Å². The maximum atomic E-state index is 12.8. The Balaban J connectivity index is 2.66. The van der Waals surface area contributed by atoms with Gasteiger partial charge in [0.05, 0.1) is 31.8 Å². The van der Waals surface area contributed by atoms with Crippen LogP contribution in [0.25, 0.3) is 0 Å².